The second kappa shape index (κ2) is 4.71. The van der Waals surface area contributed by atoms with Gasteiger partial charge in [0.15, 0.2) is 10.7 Å². The van der Waals surface area contributed by atoms with Gasteiger partial charge in [-0.2, -0.15) is 17.6 Å². The average Bonchev–Trinajstić information content (AvgIpc) is 2.01. The summed E-state index contributed by atoms with van der Waals surface area (Å²) < 4.78 is 51.9. The van der Waals surface area contributed by atoms with Crippen LogP contribution >= 0.6 is 21.7 Å². The van der Waals surface area contributed by atoms with Gasteiger partial charge in [0.1, 0.15) is 0 Å². The fraction of sp³-hybridized carbons (Fsp3) is 0.400. The number of hydrogen-bond acceptors (Lipinski definition) is 3. The zero-order valence-corrected chi connectivity index (χ0v) is 7.69. The highest BCUT2D eigenvalue weighted by atomic mass is 35.7. The molecule has 2 nitrogen and oxygen atoms in total. The molecule has 0 spiro atoms. The number of rotatable bonds is 2. The molecule has 0 aliphatic rings. The van der Waals surface area contributed by atoms with Gasteiger partial charge in [0, 0.05) is 11.0 Å². The van der Waals surface area contributed by atoms with Crippen molar-refractivity contribution in [3.05, 3.63) is 10.7 Å². The monoisotopic (exact) mass is 238 g/mol. The molecule has 76 valence electrons. The average molecular weight is 239 g/mol. The second-order valence-electron chi connectivity index (χ2n) is 1.72. The smallest absolute Gasteiger partial charge is 0.426 e. The zero-order chi connectivity index (χ0) is 10.6. The molecule has 0 aromatic rings. The van der Waals surface area contributed by atoms with Crippen LogP contribution in [0.4, 0.5) is 17.6 Å². The fourth-order valence-electron chi connectivity index (χ4n) is 0.448. The standard InChI is InChI=1S/C5H3ClF4O2S/c1-12-4(11)2(3(7)13-6)5(8,9)10/h1H3/b3-2-. The van der Waals surface area contributed by atoms with Gasteiger partial charge < -0.3 is 4.74 Å². The molecule has 0 saturated carbocycles. The van der Waals surface area contributed by atoms with Crippen LogP contribution in [-0.4, -0.2) is 19.3 Å². The lowest BCUT2D eigenvalue weighted by atomic mass is 10.3. The second-order valence-corrected chi connectivity index (χ2v) is 2.69. The number of esters is 1. The van der Waals surface area contributed by atoms with E-state index in [1.165, 1.54) is 0 Å². The number of carbonyl (C=O) groups excluding carboxylic acids is 1. The van der Waals surface area contributed by atoms with Crippen LogP contribution in [0.25, 0.3) is 0 Å². The first-order chi connectivity index (χ1) is 5.84. The summed E-state index contributed by atoms with van der Waals surface area (Å²) in [6.07, 6.45) is -5.11. The fourth-order valence-corrected chi connectivity index (χ4v) is 0.956. The largest absolute Gasteiger partial charge is 0.465 e. The highest BCUT2D eigenvalue weighted by molar-refractivity contribution is 8.24. The number of ether oxygens (including phenoxy) is 1. The molecule has 0 radical (unpaired) electrons. The van der Waals surface area contributed by atoms with Gasteiger partial charge >= 0.3 is 12.1 Å². The van der Waals surface area contributed by atoms with E-state index in [2.05, 4.69) is 4.74 Å². The lowest BCUT2D eigenvalue weighted by molar-refractivity contribution is -0.148. The normalized spacial score (nSPS) is 13.7. The molecule has 0 fully saturated rings. The van der Waals surface area contributed by atoms with Gasteiger partial charge in [0.05, 0.1) is 7.11 Å². The first-order valence-electron chi connectivity index (χ1n) is 2.68. The third-order valence-corrected chi connectivity index (χ3v) is 1.68. The highest BCUT2D eigenvalue weighted by Crippen LogP contribution is 2.35. The van der Waals surface area contributed by atoms with E-state index in [0.29, 0.717) is 7.11 Å². The van der Waals surface area contributed by atoms with Gasteiger partial charge in [-0.05, 0) is 10.7 Å². The maximum absolute atomic E-state index is 12.4. The molecule has 0 atom stereocenters. The van der Waals surface area contributed by atoms with E-state index in [1.54, 1.807) is 0 Å². The van der Waals surface area contributed by atoms with E-state index in [9.17, 15) is 22.4 Å². The summed E-state index contributed by atoms with van der Waals surface area (Å²) >= 11 is 0. The molecule has 0 unspecified atom stereocenters. The summed E-state index contributed by atoms with van der Waals surface area (Å²) in [5, 5.41) is -1.83. The van der Waals surface area contributed by atoms with Crippen LogP contribution < -0.4 is 0 Å². The van der Waals surface area contributed by atoms with Crippen molar-refractivity contribution in [3.63, 3.8) is 0 Å². The quantitative estimate of drug-likeness (QED) is 0.420. The molecule has 0 N–H and O–H groups in total. The van der Waals surface area contributed by atoms with E-state index >= 15 is 0 Å². The molecule has 0 bridgehead atoms. The van der Waals surface area contributed by atoms with Crippen LogP contribution in [0.1, 0.15) is 0 Å². The third kappa shape index (κ3) is 3.43. The summed E-state index contributed by atoms with van der Waals surface area (Å²) in [4.78, 5) is 10.4. The Labute approximate surface area is 79.4 Å². The highest BCUT2D eigenvalue weighted by Gasteiger charge is 2.43. The van der Waals surface area contributed by atoms with Crippen molar-refractivity contribution < 1.29 is 27.1 Å². The van der Waals surface area contributed by atoms with Gasteiger partial charge in [0.2, 0.25) is 0 Å². The van der Waals surface area contributed by atoms with Gasteiger partial charge in [-0.1, -0.05) is 0 Å². The van der Waals surface area contributed by atoms with Crippen LogP contribution in [0.15, 0.2) is 10.7 Å². The first kappa shape index (κ1) is 12.6. The van der Waals surface area contributed by atoms with Crippen molar-refractivity contribution in [2.24, 2.45) is 0 Å². The van der Waals surface area contributed by atoms with Crippen LogP contribution in [0.2, 0.25) is 0 Å². The predicted octanol–water partition coefficient (Wildman–Crippen LogP) is 2.79. The third-order valence-electron chi connectivity index (χ3n) is 0.937. The molecule has 0 aromatic carbocycles. The Morgan fingerprint density at radius 2 is 1.92 bits per heavy atom. The van der Waals surface area contributed by atoms with Gasteiger partial charge in [-0.25, -0.2) is 4.79 Å². The molecule has 0 aliphatic heterocycles. The SMILES string of the molecule is COC(=O)/C(=C(\F)SCl)C(F)(F)F. The molecule has 0 heterocycles. The lowest BCUT2D eigenvalue weighted by Crippen LogP contribution is -2.22. The summed E-state index contributed by atoms with van der Waals surface area (Å²) in [7, 11) is 5.11. The number of hydrogen-bond donors (Lipinski definition) is 0. The number of carbonyl (C=O) groups is 1. The Morgan fingerprint density at radius 1 is 1.46 bits per heavy atom. The Hall–Kier alpha value is -0.430. The molecule has 0 aliphatic carbocycles. The first-order valence-corrected chi connectivity index (χ1v) is 4.32. The van der Waals surface area contributed by atoms with E-state index in [4.69, 9.17) is 10.7 Å². The molecule has 0 saturated heterocycles. The predicted molar refractivity (Wildman–Crippen MR) is 39.6 cm³/mol. The van der Waals surface area contributed by atoms with Gasteiger partial charge in [0.25, 0.3) is 0 Å². The Kier molecular flexibility index (Phi) is 4.55. The van der Waals surface area contributed by atoms with Crippen LogP contribution in [0.3, 0.4) is 0 Å². The Balaban J connectivity index is 5.11. The molecular formula is C5H3ClF4O2S. The van der Waals surface area contributed by atoms with E-state index < -0.39 is 22.9 Å². The maximum Gasteiger partial charge on any atom is 0.426 e. The Morgan fingerprint density at radius 3 is 2.15 bits per heavy atom. The summed E-state index contributed by atoms with van der Waals surface area (Å²) in [6.45, 7) is 0. The van der Waals surface area contributed by atoms with E-state index in [1.807, 2.05) is 0 Å². The minimum absolute atomic E-state index is 0.332. The van der Waals surface area contributed by atoms with E-state index in [0.717, 1.165) is 0 Å². The van der Waals surface area contributed by atoms with Crippen molar-refractivity contribution in [2.45, 2.75) is 6.18 Å². The van der Waals surface area contributed by atoms with Gasteiger partial charge in [-0.3, -0.25) is 0 Å². The topological polar surface area (TPSA) is 26.3 Å². The summed E-state index contributed by atoms with van der Waals surface area (Å²) in [5.74, 6) is -1.81. The van der Waals surface area contributed by atoms with Gasteiger partial charge in [-0.15, -0.1) is 0 Å². The molecule has 0 rings (SSSR count). The molecule has 0 amide bonds. The van der Waals surface area contributed by atoms with Crippen molar-refractivity contribution in [3.8, 4) is 0 Å². The van der Waals surface area contributed by atoms with Crippen molar-refractivity contribution in [1.29, 1.82) is 0 Å². The van der Waals surface area contributed by atoms with Crippen LogP contribution in [0, 0.1) is 0 Å². The van der Waals surface area contributed by atoms with Crippen LogP contribution in [-0.2, 0) is 9.53 Å². The Bertz CT molecular complexity index is 237. The number of alkyl halides is 3. The molecule has 0 aromatic heterocycles. The number of halogens is 5. The zero-order valence-electron chi connectivity index (χ0n) is 6.11. The minimum Gasteiger partial charge on any atom is -0.465 e. The molecule has 8 heteroatoms. The van der Waals surface area contributed by atoms with Crippen molar-refractivity contribution in [1.82, 2.24) is 0 Å². The lowest BCUT2D eigenvalue weighted by Gasteiger charge is -2.08. The molecule has 13 heavy (non-hydrogen) atoms. The maximum atomic E-state index is 12.4. The van der Waals surface area contributed by atoms with Crippen molar-refractivity contribution >= 4 is 27.6 Å². The van der Waals surface area contributed by atoms with E-state index in [-0.39, 0.29) is 11.0 Å². The summed E-state index contributed by atoms with van der Waals surface area (Å²) in [5.41, 5.74) is -2.03. The minimum atomic E-state index is -5.11. The van der Waals surface area contributed by atoms with Crippen LogP contribution in [0.5, 0.6) is 0 Å². The number of methoxy groups -OCH3 is 1. The van der Waals surface area contributed by atoms with Crippen molar-refractivity contribution in [2.75, 3.05) is 7.11 Å². The molecular weight excluding hydrogens is 236 g/mol. The summed E-state index contributed by atoms with van der Waals surface area (Å²) in [6, 6.07) is 0.